The number of nitrogens with zero attached hydrogens (tertiary/aromatic N) is 3. The fourth-order valence-corrected chi connectivity index (χ4v) is 14.8. The molecule has 1 aliphatic heterocycles. The molecule has 0 aromatic rings. The minimum Gasteiger partial charge on any atom is -0.382 e. The smallest absolute Gasteiger partial charge is 0.349 e. The fraction of sp³-hybridized carbons (Fsp3) is 0.938. The molecule has 54 heavy (non-hydrogen) atoms. The Kier molecular flexibility index (Phi) is 25.9. The van der Waals surface area contributed by atoms with E-state index in [1.54, 1.807) is 35.5 Å². The third-order valence-electron chi connectivity index (χ3n) is 7.76. The predicted octanol–water partition coefficient (Wildman–Crippen LogP) is 5.22. The first-order valence-corrected chi connectivity index (χ1v) is 22.9. The summed E-state index contributed by atoms with van der Waals surface area (Å²) >= 11 is 0. The van der Waals surface area contributed by atoms with Crippen molar-refractivity contribution >= 4 is 23.0 Å². The first kappa shape index (κ1) is 48.2. The topological polar surface area (TPSA) is 185 Å². The van der Waals surface area contributed by atoms with E-state index in [4.69, 9.17) is 88.1 Å². The molecule has 0 N–H and O–H groups in total. The molecule has 1 fully saturated rings. The lowest BCUT2D eigenvalue weighted by Gasteiger charge is -2.35. The van der Waals surface area contributed by atoms with Gasteiger partial charge in [0.15, 0.2) is 0 Å². The second-order valence-electron chi connectivity index (χ2n) is 11.9. The molecule has 1 saturated carbocycles. The Bertz CT molecular complexity index is 1110. The van der Waals surface area contributed by atoms with Crippen molar-refractivity contribution in [2.75, 3.05) is 168 Å². The summed E-state index contributed by atoms with van der Waals surface area (Å²) in [5.41, 5.74) is 0. The van der Waals surface area contributed by atoms with Gasteiger partial charge in [-0.3, -0.25) is 0 Å². The van der Waals surface area contributed by atoms with Crippen LogP contribution in [0.3, 0.4) is 0 Å². The van der Waals surface area contributed by atoms with Crippen LogP contribution < -0.4 is 0 Å². The van der Waals surface area contributed by atoms with Gasteiger partial charge in [-0.05, 0) is 18.8 Å². The van der Waals surface area contributed by atoms with Gasteiger partial charge in [-0.25, -0.2) is 0 Å². The average Bonchev–Trinajstić information content (AvgIpc) is 3.79. The number of fused-ring (bicyclic) bond motifs is 2. The van der Waals surface area contributed by atoms with Crippen LogP contribution >= 0.6 is 23.0 Å². The summed E-state index contributed by atoms with van der Waals surface area (Å²) in [5, 5.41) is 0. The Labute approximate surface area is 321 Å². The number of hydrogen-bond donors (Lipinski definition) is 0. The van der Waals surface area contributed by atoms with Crippen molar-refractivity contribution in [2.24, 2.45) is 25.4 Å². The van der Waals surface area contributed by atoms with E-state index in [2.05, 4.69) is 12.2 Å². The van der Waals surface area contributed by atoms with E-state index in [1.165, 1.54) is 0 Å². The zero-order chi connectivity index (χ0) is 38.6. The monoisotopic (exact) mass is 839 g/mol. The Morgan fingerprint density at radius 2 is 0.704 bits per heavy atom. The standard InChI is InChI=1S/C32H64N3O16P3/c1-36-8-13-41-18-23-46-52(47-24-19-42-14-9-37-2)33-53(48-25-20-43-15-10-38-3,49-26-21-44-16-11-39-4)35-54(34-52,50-27-22-45-17-12-40-5)51-32-29-30-6-7-31(32)28-30/h6-7,30-32H,8-29H2,1-5H3. The molecular weight excluding hydrogens is 775 g/mol. The molecule has 0 spiro atoms. The molecular formula is C32H64N3O16P3. The van der Waals surface area contributed by atoms with E-state index in [0.717, 1.165) is 12.8 Å². The fourth-order valence-electron chi connectivity index (χ4n) is 5.21. The van der Waals surface area contributed by atoms with Gasteiger partial charge >= 0.3 is 23.0 Å². The van der Waals surface area contributed by atoms with Gasteiger partial charge < -0.3 is 74.5 Å². The van der Waals surface area contributed by atoms with Crippen molar-refractivity contribution in [1.29, 1.82) is 0 Å². The van der Waals surface area contributed by atoms with Crippen molar-refractivity contribution in [1.82, 2.24) is 0 Å². The van der Waals surface area contributed by atoms with Crippen LogP contribution in [0.15, 0.2) is 25.7 Å². The molecule has 4 atom stereocenters. The summed E-state index contributed by atoms with van der Waals surface area (Å²) < 4.78 is 109. The van der Waals surface area contributed by atoms with Gasteiger partial charge in [0.25, 0.3) is 0 Å². The van der Waals surface area contributed by atoms with Crippen molar-refractivity contribution in [3.63, 3.8) is 0 Å². The van der Waals surface area contributed by atoms with Crippen LogP contribution in [-0.4, -0.2) is 174 Å². The van der Waals surface area contributed by atoms with Gasteiger partial charge in [-0.1, -0.05) is 12.2 Å². The third kappa shape index (κ3) is 18.6. The van der Waals surface area contributed by atoms with E-state index < -0.39 is 23.0 Å². The summed E-state index contributed by atoms with van der Waals surface area (Å²) in [7, 11) is -2.98. The number of hydrogen-bond acceptors (Lipinski definition) is 19. The van der Waals surface area contributed by atoms with E-state index in [1.807, 2.05) is 0 Å². The van der Waals surface area contributed by atoms with E-state index in [0.29, 0.717) is 72.0 Å². The van der Waals surface area contributed by atoms with Crippen LogP contribution in [0, 0.1) is 11.8 Å². The first-order valence-electron chi connectivity index (χ1n) is 18.3. The molecule has 1 heterocycles. The van der Waals surface area contributed by atoms with E-state index in [-0.39, 0.29) is 78.1 Å². The maximum Gasteiger partial charge on any atom is 0.349 e. The minimum atomic E-state index is -3.68. The average molecular weight is 840 g/mol. The SMILES string of the molecule is COCCOCCOP1(OCCOCCOC)=NP(OCCOCCOC)(OCCOCCOC)=NP(OCCOCCOC)(OC2CC3C=CC2C3)=N1. The lowest BCUT2D eigenvalue weighted by atomic mass is 10.1. The minimum absolute atomic E-state index is 0.0757. The maximum atomic E-state index is 6.96. The molecule has 2 bridgehead atoms. The molecule has 318 valence electrons. The largest absolute Gasteiger partial charge is 0.382 e. The Morgan fingerprint density at radius 3 is 1.02 bits per heavy atom. The number of methoxy groups -OCH3 is 5. The summed E-state index contributed by atoms with van der Waals surface area (Å²) in [6.45, 7) is 5.54. The quantitative estimate of drug-likeness (QED) is 0.0450. The van der Waals surface area contributed by atoms with Crippen molar-refractivity contribution in [2.45, 2.75) is 18.9 Å². The molecule has 0 amide bonds. The molecule has 0 aromatic carbocycles. The first-order chi connectivity index (χ1) is 26.5. The van der Waals surface area contributed by atoms with E-state index >= 15 is 0 Å². The normalized spacial score (nSPS) is 23.8. The Balaban J connectivity index is 2.08. The van der Waals surface area contributed by atoms with Gasteiger partial charge in [0, 0.05) is 41.5 Å². The molecule has 19 nitrogen and oxygen atoms in total. The van der Waals surface area contributed by atoms with Crippen molar-refractivity contribution < 1.29 is 74.5 Å². The molecule has 3 aliphatic rings. The molecule has 2 aliphatic carbocycles. The number of allylic oxidation sites excluding steroid dienone is 1. The predicted molar refractivity (Wildman–Crippen MR) is 202 cm³/mol. The summed E-state index contributed by atoms with van der Waals surface area (Å²) in [5.74, 6) is 0.571. The van der Waals surface area contributed by atoms with Gasteiger partial charge in [0.05, 0.1) is 138 Å². The van der Waals surface area contributed by atoms with Crippen molar-refractivity contribution in [3.8, 4) is 0 Å². The lowest BCUT2D eigenvalue weighted by Crippen LogP contribution is -2.19. The second-order valence-corrected chi connectivity index (χ2v) is 18.4. The molecule has 0 aromatic heterocycles. The molecule has 4 unspecified atom stereocenters. The van der Waals surface area contributed by atoms with Crippen LogP contribution in [0.5, 0.6) is 0 Å². The summed E-state index contributed by atoms with van der Waals surface area (Å²) in [6, 6.07) is 0. The second kappa shape index (κ2) is 29.1. The zero-order valence-corrected chi connectivity index (χ0v) is 35.3. The van der Waals surface area contributed by atoms with Gasteiger partial charge in [0.1, 0.15) is 0 Å². The Hall–Kier alpha value is -0.210. The highest BCUT2D eigenvalue weighted by atomic mass is 31.3. The lowest BCUT2D eigenvalue weighted by molar-refractivity contribution is 0.0417. The van der Waals surface area contributed by atoms with Crippen LogP contribution in [-0.2, 0) is 74.5 Å². The highest BCUT2D eigenvalue weighted by Crippen LogP contribution is 2.81. The van der Waals surface area contributed by atoms with Crippen LogP contribution in [0.25, 0.3) is 0 Å². The molecule has 0 saturated heterocycles. The zero-order valence-electron chi connectivity index (χ0n) is 32.7. The maximum absolute atomic E-state index is 6.96. The van der Waals surface area contributed by atoms with Gasteiger partial charge in [0.2, 0.25) is 0 Å². The number of rotatable bonds is 37. The number of ether oxygens (including phenoxy) is 10. The molecule has 3 rings (SSSR count). The van der Waals surface area contributed by atoms with E-state index in [9.17, 15) is 0 Å². The Morgan fingerprint density at radius 1 is 0.389 bits per heavy atom. The highest BCUT2D eigenvalue weighted by molar-refractivity contribution is 7.78. The van der Waals surface area contributed by atoms with Crippen LogP contribution in [0.4, 0.5) is 0 Å². The third-order valence-corrected chi connectivity index (χ3v) is 16.3. The molecule has 0 radical (unpaired) electrons. The summed E-state index contributed by atoms with van der Waals surface area (Å²) in [4.78, 5) is 0. The van der Waals surface area contributed by atoms with Crippen LogP contribution in [0.1, 0.15) is 12.8 Å². The van der Waals surface area contributed by atoms with Gasteiger partial charge in [-0.2, -0.15) is 0 Å². The highest BCUT2D eigenvalue weighted by Gasteiger charge is 2.47. The molecule has 22 heteroatoms. The van der Waals surface area contributed by atoms with Gasteiger partial charge in [-0.15, -0.1) is 13.5 Å². The van der Waals surface area contributed by atoms with Crippen molar-refractivity contribution in [3.05, 3.63) is 12.2 Å². The van der Waals surface area contributed by atoms with Crippen LogP contribution in [0.2, 0.25) is 0 Å². The summed E-state index contributed by atoms with van der Waals surface area (Å²) in [6.07, 6.45) is 5.97.